The summed E-state index contributed by atoms with van der Waals surface area (Å²) in [7, 11) is -3.20. The van der Waals surface area contributed by atoms with E-state index in [1.807, 2.05) is 0 Å². The summed E-state index contributed by atoms with van der Waals surface area (Å²) in [6, 6.07) is 3.43. The van der Waals surface area contributed by atoms with Crippen LogP contribution in [0.2, 0.25) is 0 Å². The van der Waals surface area contributed by atoms with Crippen LogP contribution in [0.1, 0.15) is 25.7 Å². The third-order valence-electron chi connectivity index (χ3n) is 4.85. The number of sulfonamides is 1. The molecule has 0 radical (unpaired) electrons. The summed E-state index contributed by atoms with van der Waals surface area (Å²) in [6.45, 7) is 2.33. The standard InChI is InChI=1S/C19H26N4O5S/c24-18-16(17(19(18)25)22-15-5-8-20-9-6-15)21-7-3-1-2-4-14-29(26,27)23-10-12-28-13-11-23/h5-6,8-9,21H,1-4,7,10-14H2,(H,20,22). The van der Waals surface area contributed by atoms with Gasteiger partial charge in [-0.1, -0.05) is 12.8 Å². The van der Waals surface area contributed by atoms with E-state index in [2.05, 4.69) is 15.6 Å². The van der Waals surface area contributed by atoms with Crippen molar-refractivity contribution in [1.29, 1.82) is 0 Å². The summed E-state index contributed by atoms with van der Waals surface area (Å²) < 4.78 is 31.2. The fourth-order valence-electron chi connectivity index (χ4n) is 3.19. The van der Waals surface area contributed by atoms with E-state index in [1.54, 1.807) is 24.5 Å². The smallest absolute Gasteiger partial charge is 0.253 e. The first-order valence-electron chi connectivity index (χ1n) is 9.79. The summed E-state index contributed by atoms with van der Waals surface area (Å²) in [4.78, 5) is 27.5. The number of ether oxygens (including phenoxy) is 1. The predicted octanol–water partition coefficient (Wildman–Crippen LogP) is 1.06. The topological polar surface area (TPSA) is 118 Å². The van der Waals surface area contributed by atoms with E-state index in [0.717, 1.165) is 19.3 Å². The second kappa shape index (κ2) is 9.95. The third-order valence-corrected chi connectivity index (χ3v) is 6.81. The second-order valence-electron chi connectivity index (χ2n) is 6.94. The molecule has 0 unspecified atom stereocenters. The van der Waals surface area contributed by atoms with E-state index in [9.17, 15) is 18.0 Å². The van der Waals surface area contributed by atoms with Crippen molar-refractivity contribution in [3.05, 3.63) is 45.0 Å². The van der Waals surface area contributed by atoms with Gasteiger partial charge in [0.15, 0.2) is 0 Å². The van der Waals surface area contributed by atoms with E-state index in [1.165, 1.54) is 4.31 Å². The Balaban J connectivity index is 1.36. The predicted molar refractivity (Wildman–Crippen MR) is 112 cm³/mol. The van der Waals surface area contributed by atoms with Gasteiger partial charge >= 0.3 is 0 Å². The number of morpholine rings is 1. The molecular formula is C19H26N4O5S. The van der Waals surface area contributed by atoms with Crippen molar-refractivity contribution in [1.82, 2.24) is 9.29 Å². The Labute approximate surface area is 169 Å². The molecule has 1 fully saturated rings. The van der Waals surface area contributed by atoms with Crippen LogP contribution in [0.25, 0.3) is 0 Å². The Kier molecular flexibility index (Phi) is 7.34. The van der Waals surface area contributed by atoms with Crippen molar-refractivity contribution in [2.24, 2.45) is 0 Å². The zero-order valence-corrected chi connectivity index (χ0v) is 17.0. The minimum Gasteiger partial charge on any atom is -0.380 e. The van der Waals surface area contributed by atoms with Gasteiger partial charge in [0.05, 0.1) is 19.0 Å². The molecule has 1 aliphatic rings. The maximum atomic E-state index is 12.2. The van der Waals surface area contributed by atoms with E-state index < -0.39 is 20.9 Å². The Bertz CT molecular complexity index is 964. The van der Waals surface area contributed by atoms with Gasteiger partial charge in [0.1, 0.15) is 11.4 Å². The lowest BCUT2D eigenvalue weighted by molar-refractivity contribution is 0.0730. The molecule has 1 aromatic carbocycles. The molecule has 3 rings (SSSR count). The highest BCUT2D eigenvalue weighted by Crippen LogP contribution is 2.20. The van der Waals surface area contributed by atoms with Crippen molar-refractivity contribution in [2.45, 2.75) is 25.7 Å². The van der Waals surface area contributed by atoms with Crippen LogP contribution in [-0.2, 0) is 14.8 Å². The molecule has 0 amide bonds. The summed E-state index contributed by atoms with van der Waals surface area (Å²) in [5.41, 5.74) is 0.229. The highest BCUT2D eigenvalue weighted by molar-refractivity contribution is 7.89. The number of hydrogen-bond acceptors (Lipinski definition) is 8. The Morgan fingerprint density at radius 1 is 0.966 bits per heavy atom. The summed E-state index contributed by atoms with van der Waals surface area (Å²) in [5, 5.41) is 5.96. The van der Waals surface area contributed by atoms with Crippen LogP contribution in [0.3, 0.4) is 0 Å². The first-order valence-corrected chi connectivity index (χ1v) is 11.4. The molecule has 1 aliphatic heterocycles. The molecule has 9 nitrogen and oxygen atoms in total. The zero-order chi connectivity index (χ0) is 20.7. The van der Waals surface area contributed by atoms with Crippen molar-refractivity contribution < 1.29 is 13.2 Å². The molecule has 10 heteroatoms. The SMILES string of the molecule is O=c1c(NCCCCCCS(=O)(=O)N2CCOCC2)c(Nc2ccncc2)c1=O. The summed E-state index contributed by atoms with van der Waals surface area (Å²) >= 11 is 0. The molecule has 2 aromatic rings. The van der Waals surface area contributed by atoms with Gasteiger partial charge in [0.25, 0.3) is 10.9 Å². The highest BCUT2D eigenvalue weighted by atomic mass is 32.2. The van der Waals surface area contributed by atoms with Crippen LogP contribution in [0.15, 0.2) is 34.1 Å². The van der Waals surface area contributed by atoms with Crippen LogP contribution in [-0.4, -0.2) is 56.3 Å². The fraction of sp³-hybridized carbons (Fsp3) is 0.526. The lowest BCUT2D eigenvalue weighted by Gasteiger charge is -2.26. The lowest BCUT2D eigenvalue weighted by Crippen LogP contribution is -2.41. The molecule has 1 aromatic heterocycles. The number of nitrogens with zero attached hydrogens (tertiary/aromatic N) is 2. The number of rotatable bonds is 11. The normalized spacial score (nSPS) is 15.4. The largest absolute Gasteiger partial charge is 0.380 e. The van der Waals surface area contributed by atoms with E-state index in [0.29, 0.717) is 50.6 Å². The Morgan fingerprint density at radius 3 is 2.34 bits per heavy atom. The first kappa shape index (κ1) is 21.4. The van der Waals surface area contributed by atoms with Gasteiger partial charge in [0.2, 0.25) is 10.0 Å². The van der Waals surface area contributed by atoms with Crippen LogP contribution in [0.5, 0.6) is 0 Å². The number of anilines is 3. The molecule has 0 saturated carbocycles. The molecule has 2 N–H and O–H groups in total. The van der Waals surface area contributed by atoms with Crippen molar-refractivity contribution in [3.8, 4) is 0 Å². The van der Waals surface area contributed by atoms with Gasteiger partial charge in [-0.25, -0.2) is 8.42 Å². The first-order chi connectivity index (χ1) is 14.0. The van der Waals surface area contributed by atoms with Crippen molar-refractivity contribution in [3.63, 3.8) is 0 Å². The fourth-order valence-corrected chi connectivity index (χ4v) is 4.72. The number of hydrogen-bond donors (Lipinski definition) is 2. The molecule has 29 heavy (non-hydrogen) atoms. The Hall–Kier alpha value is -2.30. The molecule has 2 heterocycles. The molecule has 1 saturated heterocycles. The van der Waals surface area contributed by atoms with Gasteiger partial charge in [-0.2, -0.15) is 4.31 Å². The van der Waals surface area contributed by atoms with Gasteiger partial charge in [0, 0.05) is 37.7 Å². The average molecular weight is 423 g/mol. The van der Waals surface area contributed by atoms with Crippen LogP contribution in [0.4, 0.5) is 17.1 Å². The molecule has 0 atom stereocenters. The zero-order valence-electron chi connectivity index (χ0n) is 16.2. The minimum absolute atomic E-state index is 0.151. The van der Waals surface area contributed by atoms with Crippen molar-refractivity contribution in [2.75, 3.05) is 49.2 Å². The number of pyridine rings is 1. The summed E-state index contributed by atoms with van der Waals surface area (Å²) in [6.07, 6.45) is 6.22. The minimum atomic E-state index is -3.20. The quantitative estimate of drug-likeness (QED) is 0.408. The van der Waals surface area contributed by atoms with Crippen LogP contribution in [0, 0.1) is 0 Å². The summed E-state index contributed by atoms with van der Waals surface area (Å²) in [5.74, 6) is 0.151. The third kappa shape index (κ3) is 5.62. The molecule has 0 aliphatic carbocycles. The second-order valence-corrected chi connectivity index (χ2v) is 9.03. The highest BCUT2D eigenvalue weighted by Gasteiger charge is 2.23. The van der Waals surface area contributed by atoms with Crippen LogP contribution < -0.4 is 21.5 Å². The van der Waals surface area contributed by atoms with Gasteiger partial charge in [-0.05, 0) is 25.0 Å². The monoisotopic (exact) mass is 422 g/mol. The molecule has 158 valence electrons. The molecule has 0 bridgehead atoms. The van der Waals surface area contributed by atoms with Crippen molar-refractivity contribution >= 4 is 27.1 Å². The molecule has 0 spiro atoms. The van der Waals surface area contributed by atoms with E-state index in [4.69, 9.17) is 4.74 Å². The average Bonchev–Trinajstić information content (AvgIpc) is 2.75. The number of nitrogens with one attached hydrogen (secondary N) is 2. The van der Waals surface area contributed by atoms with Gasteiger partial charge < -0.3 is 15.4 Å². The van der Waals surface area contributed by atoms with Crippen LogP contribution >= 0.6 is 0 Å². The van der Waals surface area contributed by atoms with E-state index >= 15 is 0 Å². The van der Waals surface area contributed by atoms with Gasteiger partial charge in [-0.15, -0.1) is 0 Å². The number of unbranched alkanes of at least 4 members (excludes halogenated alkanes) is 3. The van der Waals surface area contributed by atoms with Gasteiger partial charge in [-0.3, -0.25) is 14.6 Å². The Morgan fingerprint density at radius 2 is 1.62 bits per heavy atom. The maximum Gasteiger partial charge on any atom is 0.253 e. The maximum absolute atomic E-state index is 12.2. The lowest BCUT2D eigenvalue weighted by atomic mass is 10.1. The number of aromatic nitrogens is 1. The van der Waals surface area contributed by atoms with E-state index in [-0.39, 0.29) is 11.4 Å². The molecular weight excluding hydrogens is 396 g/mol.